The topological polar surface area (TPSA) is 41.5 Å². The van der Waals surface area contributed by atoms with Gasteiger partial charge in [0.25, 0.3) is 0 Å². The molecule has 1 aliphatic carbocycles. The monoisotopic (exact) mass is 309 g/mol. The fourth-order valence-electron chi connectivity index (χ4n) is 3.05. The quantitative estimate of drug-likeness (QED) is 0.809. The molecule has 0 saturated heterocycles. The van der Waals surface area contributed by atoms with Crippen LogP contribution in [0.3, 0.4) is 0 Å². The minimum Gasteiger partial charge on any atom is -0.496 e. The van der Waals surface area contributed by atoms with Crippen LogP contribution in [0.15, 0.2) is 29.2 Å². The summed E-state index contributed by atoms with van der Waals surface area (Å²) in [5, 5.41) is 14.0. The summed E-state index contributed by atoms with van der Waals surface area (Å²) < 4.78 is 5.44. The average molecular weight is 309 g/mol. The Morgan fingerprint density at radius 1 is 1.43 bits per heavy atom. The van der Waals surface area contributed by atoms with Crippen LogP contribution in [0, 0.1) is 0 Å². The number of methoxy groups -OCH3 is 1. The number of aliphatic hydroxyl groups is 1. The van der Waals surface area contributed by atoms with Crippen molar-refractivity contribution in [2.24, 2.45) is 0 Å². The molecule has 0 bridgehead atoms. The Morgan fingerprint density at radius 3 is 2.95 bits per heavy atom. The molecule has 21 heavy (non-hydrogen) atoms. The molecule has 1 aliphatic rings. The zero-order valence-corrected chi connectivity index (χ0v) is 13.9. The average Bonchev–Trinajstić information content (AvgIpc) is 2.54. The fraction of sp³-hybridized carbons (Fsp3) is 0.647. The summed E-state index contributed by atoms with van der Waals surface area (Å²) >= 11 is 1.89. The van der Waals surface area contributed by atoms with Gasteiger partial charge in [-0.05, 0) is 44.4 Å². The maximum absolute atomic E-state index is 9.86. The molecule has 1 aromatic rings. The van der Waals surface area contributed by atoms with Crippen LogP contribution in [-0.4, -0.2) is 36.2 Å². The molecule has 2 N–H and O–H groups in total. The summed E-state index contributed by atoms with van der Waals surface area (Å²) in [5.41, 5.74) is -0.0893. The van der Waals surface area contributed by atoms with Crippen molar-refractivity contribution in [1.29, 1.82) is 0 Å². The SMILES string of the molecule is CCCNC1(CO)CCCC(Sc2ccccc2OC)C1. The van der Waals surface area contributed by atoms with Gasteiger partial charge in [0.05, 0.1) is 13.7 Å². The van der Waals surface area contributed by atoms with Crippen molar-refractivity contribution in [3.05, 3.63) is 24.3 Å². The van der Waals surface area contributed by atoms with Crippen molar-refractivity contribution < 1.29 is 9.84 Å². The molecule has 2 atom stereocenters. The molecule has 1 fully saturated rings. The van der Waals surface area contributed by atoms with E-state index >= 15 is 0 Å². The van der Waals surface area contributed by atoms with E-state index in [0.717, 1.165) is 31.6 Å². The largest absolute Gasteiger partial charge is 0.496 e. The third kappa shape index (κ3) is 4.38. The first-order chi connectivity index (χ1) is 10.2. The zero-order valence-electron chi connectivity index (χ0n) is 13.1. The van der Waals surface area contributed by atoms with Crippen molar-refractivity contribution in [2.75, 3.05) is 20.3 Å². The van der Waals surface area contributed by atoms with E-state index in [4.69, 9.17) is 4.74 Å². The van der Waals surface area contributed by atoms with Gasteiger partial charge in [0.15, 0.2) is 0 Å². The van der Waals surface area contributed by atoms with Gasteiger partial charge in [0, 0.05) is 15.7 Å². The van der Waals surface area contributed by atoms with Gasteiger partial charge in [-0.25, -0.2) is 0 Å². The van der Waals surface area contributed by atoms with E-state index in [-0.39, 0.29) is 12.1 Å². The summed E-state index contributed by atoms with van der Waals surface area (Å²) in [7, 11) is 1.72. The first-order valence-corrected chi connectivity index (χ1v) is 8.76. The number of ether oxygens (including phenoxy) is 1. The number of para-hydroxylation sites is 1. The van der Waals surface area contributed by atoms with Crippen LogP contribution in [0.25, 0.3) is 0 Å². The summed E-state index contributed by atoms with van der Waals surface area (Å²) in [5.74, 6) is 0.948. The van der Waals surface area contributed by atoms with Gasteiger partial charge in [-0.2, -0.15) is 0 Å². The van der Waals surface area contributed by atoms with Crippen LogP contribution < -0.4 is 10.1 Å². The number of rotatable bonds is 7. The van der Waals surface area contributed by atoms with Crippen LogP contribution in [0.5, 0.6) is 5.75 Å². The van der Waals surface area contributed by atoms with Crippen molar-refractivity contribution in [1.82, 2.24) is 5.32 Å². The Hall–Kier alpha value is -0.710. The van der Waals surface area contributed by atoms with Gasteiger partial charge < -0.3 is 15.2 Å². The van der Waals surface area contributed by atoms with Crippen LogP contribution in [0.4, 0.5) is 0 Å². The molecule has 118 valence electrons. The van der Waals surface area contributed by atoms with E-state index in [1.807, 2.05) is 23.9 Å². The smallest absolute Gasteiger partial charge is 0.132 e. The maximum atomic E-state index is 9.86. The Bertz CT molecular complexity index is 441. The summed E-state index contributed by atoms with van der Waals surface area (Å²) in [4.78, 5) is 1.20. The molecule has 1 aromatic carbocycles. The molecule has 0 heterocycles. The Balaban J connectivity index is 2.03. The molecule has 0 amide bonds. The molecule has 2 rings (SSSR count). The predicted molar refractivity (Wildman–Crippen MR) is 89.2 cm³/mol. The zero-order chi connectivity index (χ0) is 15.1. The van der Waals surface area contributed by atoms with E-state index in [2.05, 4.69) is 24.4 Å². The van der Waals surface area contributed by atoms with Crippen LogP contribution in [0.1, 0.15) is 39.0 Å². The Labute approximate surface area is 132 Å². The molecule has 1 saturated carbocycles. The number of benzene rings is 1. The van der Waals surface area contributed by atoms with Crippen LogP contribution >= 0.6 is 11.8 Å². The Morgan fingerprint density at radius 2 is 2.24 bits per heavy atom. The third-order valence-electron chi connectivity index (χ3n) is 4.22. The molecule has 0 spiro atoms. The van der Waals surface area contributed by atoms with Gasteiger partial charge in [0.1, 0.15) is 5.75 Å². The minimum absolute atomic E-state index is 0.0893. The lowest BCUT2D eigenvalue weighted by Gasteiger charge is -2.40. The van der Waals surface area contributed by atoms with Gasteiger partial charge >= 0.3 is 0 Å². The van der Waals surface area contributed by atoms with E-state index in [9.17, 15) is 5.11 Å². The van der Waals surface area contributed by atoms with Gasteiger partial charge in [-0.1, -0.05) is 25.5 Å². The highest BCUT2D eigenvalue weighted by Crippen LogP contribution is 2.41. The molecular formula is C17H27NO2S. The van der Waals surface area contributed by atoms with Gasteiger partial charge in [0.2, 0.25) is 0 Å². The lowest BCUT2D eigenvalue weighted by atomic mass is 9.82. The molecule has 0 radical (unpaired) electrons. The molecule has 4 heteroatoms. The number of aliphatic hydroxyl groups excluding tert-OH is 1. The second-order valence-corrected chi connectivity index (χ2v) is 7.19. The molecular weight excluding hydrogens is 282 g/mol. The first-order valence-electron chi connectivity index (χ1n) is 7.88. The number of hydrogen-bond donors (Lipinski definition) is 2. The highest BCUT2D eigenvalue weighted by atomic mass is 32.2. The summed E-state index contributed by atoms with van der Waals surface area (Å²) in [6.45, 7) is 3.38. The van der Waals surface area contributed by atoms with Crippen LogP contribution in [0.2, 0.25) is 0 Å². The van der Waals surface area contributed by atoms with Gasteiger partial charge in [-0.15, -0.1) is 11.8 Å². The molecule has 3 nitrogen and oxygen atoms in total. The maximum Gasteiger partial charge on any atom is 0.132 e. The molecule has 2 unspecified atom stereocenters. The lowest BCUT2D eigenvalue weighted by Crippen LogP contribution is -2.52. The highest BCUT2D eigenvalue weighted by molar-refractivity contribution is 8.00. The minimum atomic E-state index is -0.0893. The second kappa shape index (κ2) is 8.06. The number of hydrogen-bond acceptors (Lipinski definition) is 4. The van der Waals surface area contributed by atoms with Crippen molar-refractivity contribution in [3.63, 3.8) is 0 Å². The van der Waals surface area contributed by atoms with Crippen LogP contribution in [-0.2, 0) is 0 Å². The molecule has 0 aromatic heterocycles. The highest BCUT2D eigenvalue weighted by Gasteiger charge is 2.35. The van der Waals surface area contributed by atoms with E-state index in [0.29, 0.717) is 5.25 Å². The summed E-state index contributed by atoms with van der Waals surface area (Å²) in [6.07, 6.45) is 5.58. The van der Waals surface area contributed by atoms with E-state index in [1.165, 1.54) is 17.7 Å². The van der Waals surface area contributed by atoms with E-state index in [1.54, 1.807) is 7.11 Å². The first kappa shape index (κ1) is 16.7. The fourth-order valence-corrected chi connectivity index (χ4v) is 4.53. The second-order valence-electron chi connectivity index (χ2n) is 5.85. The predicted octanol–water partition coefficient (Wildman–Crippen LogP) is 3.46. The van der Waals surface area contributed by atoms with Crippen molar-refractivity contribution in [2.45, 2.75) is 54.7 Å². The third-order valence-corrected chi connectivity index (χ3v) is 5.54. The van der Waals surface area contributed by atoms with Gasteiger partial charge in [-0.3, -0.25) is 0 Å². The Kier molecular flexibility index (Phi) is 6.40. The lowest BCUT2D eigenvalue weighted by molar-refractivity contribution is 0.124. The summed E-state index contributed by atoms with van der Waals surface area (Å²) in [6, 6.07) is 8.20. The van der Waals surface area contributed by atoms with E-state index < -0.39 is 0 Å². The normalized spacial score (nSPS) is 25.8. The van der Waals surface area contributed by atoms with Crippen molar-refractivity contribution >= 4 is 11.8 Å². The molecule has 0 aliphatic heterocycles. The van der Waals surface area contributed by atoms with Crippen molar-refractivity contribution in [3.8, 4) is 5.75 Å². The standard InChI is InChI=1S/C17H27NO2S/c1-3-11-18-17(13-19)10-6-7-14(12-17)21-16-9-5-4-8-15(16)20-2/h4-5,8-9,14,18-19H,3,6-7,10-13H2,1-2H3. The number of nitrogens with one attached hydrogen (secondary N) is 1. The number of thioether (sulfide) groups is 1.